The molecule has 1 aromatic rings. The van der Waals surface area contributed by atoms with Crippen molar-refractivity contribution >= 4 is 11.8 Å². The number of benzene rings is 1. The summed E-state index contributed by atoms with van der Waals surface area (Å²) in [7, 11) is 1.55. The molecule has 1 aromatic carbocycles. The van der Waals surface area contributed by atoms with Gasteiger partial charge < -0.3 is 20.5 Å². The Balaban J connectivity index is 2.72. The highest BCUT2D eigenvalue weighted by Crippen LogP contribution is 2.18. The average molecular weight is 280 g/mol. The molecule has 1 rings (SSSR count). The molecule has 0 unspecified atom stereocenters. The Kier molecular flexibility index (Phi) is 6.52. The number of nitrogens with one attached hydrogen (secondary N) is 1. The lowest BCUT2D eigenvalue weighted by atomic mass is 10.0. The topological polar surface area (TPSA) is 90.7 Å². The largest absolute Gasteiger partial charge is 0.496 e. The molecular weight excluding hydrogens is 260 g/mol. The van der Waals surface area contributed by atoms with Gasteiger partial charge in [0.25, 0.3) is 0 Å². The van der Waals surface area contributed by atoms with E-state index in [-0.39, 0.29) is 18.9 Å². The number of methoxy groups -OCH3 is 1. The van der Waals surface area contributed by atoms with Gasteiger partial charge in [-0.1, -0.05) is 18.2 Å². The van der Waals surface area contributed by atoms with E-state index >= 15 is 0 Å². The second-order valence-corrected chi connectivity index (χ2v) is 4.18. The van der Waals surface area contributed by atoms with Gasteiger partial charge in [-0.05, 0) is 18.6 Å². The van der Waals surface area contributed by atoms with Gasteiger partial charge in [-0.3, -0.25) is 9.59 Å². The molecule has 0 spiro atoms. The summed E-state index contributed by atoms with van der Waals surface area (Å²) in [5.74, 6) is -0.316. The van der Waals surface area contributed by atoms with Gasteiger partial charge in [0, 0.05) is 13.0 Å². The van der Waals surface area contributed by atoms with Crippen LogP contribution < -0.4 is 15.8 Å². The highest BCUT2D eigenvalue weighted by molar-refractivity contribution is 5.87. The van der Waals surface area contributed by atoms with Gasteiger partial charge in [0.15, 0.2) is 0 Å². The molecule has 0 bridgehead atoms. The lowest BCUT2D eigenvalue weighted by molar-refractivity contribution is -0.130. The summed E-state index contributed by atoms with van der Waals surface area (Å²) in [6.45, 7) is 2.13. The van der Waals surface area contributed by atoms with E-state index in [0.29, 0.717) is 12.4 Å². The number of carbonyl (C=O) groups is 2. The molecule has 0 aliphatic heterocycles. The van der Waals surface area contributed by atoms with Crippen molar-refractivity contribution in [3.8, 4) is 5.75 Å². The molecule has 0 saturated carbocycles. The van der Waals surface area contributed by atoms with Crippen LogP contribution in [0.25, 0.3) is 0 Å². The van der Waals surface area contributed by atoms with E-state index in [2.05, 4.69) is 5.32 Å². The van der Waals surface area contributed by atoms with Crippen molar-refractivity contribution in [2.45, 2.75) is 19.4 Å². The molecule has 0 heterocycles. The fourth-order valence-corrected chi connectivity index (χ4v) is 1.75. The van der Waals surface area contributed by atoms with Crippen molar-refractivity contribution in [3.05, 3.63) is 29.8 Å². The van der Waals surface area contributed by atoms with Gasteiger partial charge in [0.1, 0.15) is 18.4 Å². The molecule has 0 fully saturated rings. The third kappa shape index (κ3) is 4.89. The first-order valence-corrected chi connectivity index (χ1v) is 6.36. The SMILES string of the molecule is CCOCC(=O)N[C@@H](Cc1ccccc1OC)C(N)=O. The van der Waals surface area contributed by atoms with Gasteiger partial charge >= 0.3 is 0 Å². The zero-order chi connectivity index (χ0) is 15.0. The summed E-state index contributed by atoms with van der Waals surface area (Å²) in [6.07, 6.45) is 0.275. The number of hydrogen-bond acceptors (Lipinski definition) is 4. The van der Waals surface area contributed by atoms with Crippen molar-refractivity contribution in [1.82, 2.24) is 5.32 Å². The molecule has 2 amide bonds. The van der Waals surface area contributed by atoms with Crippen LogP contribution in [0.15, 0.2) is 24.3 Å². The van der Waals surface area contributed by atoms with E-state index in [1.54, 1.807) is 20.1 Å². The van der Waals surface area contributed by atoms with Crippen molar-refractivity contribution in [3.63, 3.8) is 0 Å². The van der Waals surface area contributed by atoms with Crippen molar-refractivity contribution in [2.75, 3.05) is 20.3 Å². The van der Waals surface area contributed by atoms with Crippen LogP contribution in [-0.2, 0) is 20.7 Å². The van der Waals surface area contributed by atoms with E-state index in [4.69, 9.17) is 15.2 Å². The Morgan fingerprint density at radius 2 is 2.05 bits per heavy atom. The monoisotopic (exact) mass is 280 g/mol. The quantitative estimate of drug-likeness (QED) is 0.714. The first-order chi connectivity index (χ1) is 9.58. The van der Waals surface area contributed by atoms with E-state index < -0.39 is 11.9 Å². The Morgan fingerprint density at radius 1 is 1.35 bits per heavy atom. The lowest BCUT2D eigenvalue weighted by Gasteiger charge is -2.17. The molecule has 6 nitrogen and oxygen atoms in total. The maximum atomic E-state index is 11.6. The molecule has 20 heavy (non-hydrogen) atoms. The molecule has 0 aromatic heterocycles. The number of primary amides is 1. The normalized spacial score (nSPS) is 11.7. The fourth-order valence-electron chi connectivity index (χ4n) is 1.75. The van der Waals surface area contributed by atoms with Crippen molar-refractivity contribution in [2.24, 2.45) is 5.73 Å². The van der Waals surface area contributed by atoms with Crippen LogP contribution in [0, 0.1) is 0 Å². The zero-order valence-electron chi connectivity index (χ0n) is 11.7. The Morgan fingerprint density at radius 3 is 2.65 bits per heavy atom. The van der Waals surface area contributed by atoms with E-state index in [1.165, 1.54) is 0 Å². The standard InChI is InChI=1S/C14H20N2O4/c1-3-20-9-13(17)16-11(14(15)18)8-10-6-4-5-7-12(10)19-2/h4-7,11H,3,8-9H2,1-2H3,(H2,15,18)(H,16,17)/t11-/m0/s1. The van der Waals surface area contributed by atoms with Gasteiger partial charge in [-0.2, -0.15) is 0 Å². The number of nitrogens with two attached hydrogens (primary N) is 1. The van der Waals surface area contributed by atoms with Gasteiger partial charge in [-0.15, -0.1) is 0 Å². The number of ether oxygens (including phenoxy) is 2. The van der Waals surface area contributed by atoms with Crippen LogP contribution in [0.4, 0.5) is 0 Å². The molecule has 0 aliphatic carbocycles. The van der Waals surface area contributed by atoms with Crippen LogP contribution in [0.5, 0.6) is 5.75 Å². The molecule has 1 atom stereocenters. The predicted octanol–water partition coefficient (Wildman–Crippen LogP) is 0.244. The summed E-state index contributed by atoms with van der Waals surface area (Å²) in [5, 5.41) is 2.56. The lowest BCUT2D eigenvalue weighted by Crippen LogP contribution is -2.47. The number of hydrogen-bond donors (Lipinski definition) is 2. The second-order valence-electron chi connectivity index (χ2n) is 4.18. The number of para-hydroxylation sites is 1. The predicted molar refractivity (Wildman–Crippen MR) is 74.3 cm³/mol. The molecule has 0 radical (unpaired) electrons. The van der Waals surface area contributed by atoms with Gasteiger partial charge in [0.2, 0.25) is 11.8 Å². The van der Waals surface area contributed by atoms with Gasteiger partial charge in [0.05, 0.1) is 7.11 Å². The summed E-state index contributed by atoms with van der Waals surface area (Å²) in [4.78, 5) is 23.0. The van der Waals surface area contributed by atoms with Crippen molar-refractivity contribution < 1.29 is 19.1 Å². The second kappa shape index (κ2) is 8.16. The molecule has 3 N–H and O–H groups in total. The zero-order valence-corrected chi connectivity index (χ0v) is 11.7. The minimum atomic E-state index is -0.792. The summed E-state index contributed by atoms with van der Waals surface area (Å²) in [6, 6.07) is 6.48. The minimum absolute atomic E-state index is 0.0911. The Hall–Kier alpha value is -2.08. The first kappa shape index (κ1) is 16.0. The molecule has 6 heteroatoms. The van der Waals surface area contributed by atoms with Gasteiger partial charge in [-0.25, -0.2) is 0 Å². The summed E-state index contributed by atoms with van der Waals surface area (Å²) in [5.41, 5.74) is 6.12. The smallest absolute Gasteiger partial charge is 0.246 e. The third-order valence-electron chi connectivity index (χ3n) is 2.73. The highest BCUT2D eigenvalue weighted by Gasteiger charge is 2.20. The summed E-state index contributed by atoms with van der Waals surface area (Å²) < 4.78 is 10.2. The number of amides is 2. The van der Waals surface area contributed by atoms with E-state index in [9.17, 15) is 9.59 Å². The molecule has 0 aliphatic rings. The number of carbonyl (C=O) groups excluding carboxylic acids is 2. The van der Waals surface area contributed by atoms with Crippen LogP contribution in [0.2, 0.25) is 0 Å². The molecule has 110 valence electrons. The van der Waals surface area contributed by atoms with Crippen LogP contribution in [0.1, 0.15) is 12.5 Å². The summed E-state index contributed by atoms with van der Waals surface area (Å²) >= 11 is 0. The van der Waals surface area contributed by atoms with Crippen LogP contribution in [-0.4, -0.2) is 38.2 Å². The van der Waals surface area contributed by atoms with E-state index in [1.807, 2.05) is 18.2 Å². The fraction of sp³-hybridized carbons (Fsp3) is 0.429. The van der Waals surface area contributed by atoms with Crippen LogP contribution in [0.3, 0.4) is 0 Å². The molecular formula is C14H20N2O4. The maximum Gasteiger partial charge on any atom is 0.246 e. The van der Waals surface area contributed by atoms with Crippen LogP contribution >= 0.6 is 0 Å². The Bertz CT molecular complexity index is 462. The highest BCUT2D eigenvalue weighted by atomic mass is 16.5. The first-order valence-electron chi connectivity index (χ1n) is 6.36. The minimum Gasteiger partial charge on any atom is -0.496 e. The molecule has 0 saturated heterocycles. The Labute approximate surface area is 118 Å². The average Bonchev–Trinajstić information content (AvgIpc) is 2.44. The third-order valence-corrected chi connectivity index (χ3v) is 2.73. The van der Waals surface area contributed by atoms with E-state index in [0.717, 1.165) is 5.56 Å². The van der Waals surface area contributed by atoms with Crippen molar-refractivity contribution in [1.29, 1.82) is 0 Å². The maximum absolute atomic E-state index is 11.6. The number of rotatable bonds is 8.